The normalized spacial score (nSPS) is 14.3. The van der Waals surface area contributed by atoms with Crippen molar-refractivity contribution in [3.63, 3.8) is 0 Å². The summed E-state index contributed by atoms with van der Waals surface area (Å²) < 4.78 is 0. The quantitative estimate of drug-likeness (QED) is 0.914. The Morgan fingerprint density at radius 2 is 1.48 bits per heavy atom. The minimum atomic E-state index is -0.121. The van der Waals surface area contributed by atoms with Gasteiger partial charge in [-0.15, -0.1) is 0 Å². The second-order valence-electron chi connectivity index (χ2n) is 6.37. The Bertz CT molecular complexity index is 766. The van der Waals surface area contributed by atoms with E-state index in [1.54, 1.807) is 4.90 Å². The van der Waals surface area contributed by atoms with E-state index in [4.69, 9.17) is 0 Å². The van der Waals surface area contributed by atoms with Gasteiger partial charge in [0.25, 0.3) is 5.91 Å². The van der Waals surface area contributed by atoms with Gasteiger partial charge in [0.2, 0.25) is 0 Å². The first-order valence-electron chi connectivity index (χ1n) is 8.52. The molecule has 3 amide bonds. The lowest BCUT2D eigenvalue weighted by atomic mass is 10.1. The molecule has 0 radical (unpaired) electrons. The van der Waals surface area contributed by atoms with Gasteiger partial charge in [0, 0.05) is 37.4 Å². The molecule has 2 aromatic carbocycles. The molecular weight excluding hydrogens is 314 g/mol. The van der Waals surface area contributed by atoms with Crippen LogP contribution in [0.25, 0.3) is 0 Å². The third-order valence-corrected chi connectivity index (χ3v) is 4.63. The third-order valence-electron chi connectivity index (χ3n) is 4.63. The Kier molecular flexibility index (Phi) is 5.03. The Balaban J connectivity index is 1.57. The van der Waals surface area contributed by atoms with Crippen LogP contribution in [0.4, 0.5) is 10.5 Å². The summed E-state index contributed by atoms with van der Waals surface area (Å²) in [6.45, 7) is 6.22. The molecule has 0 saturated carbocycles. The van der Waals surface area contributed by atoms with E-state index in [0.717, 1.165) is 11.3 Å². The molecule has 1 heterocycles. The van der Waals surface area contributed by atoms with Gasteiger partial charge in [-0.25, -0.2) is 4.79 Å². The van der Waals surface area contributed by atoms with Gasteiger partial charge in [-0.2, -0.15) is 0 Å². The Hall–Kier alpha value is -2.82. The van der Waals surface area contributed by atoms with Gasteiger partial charge in [-0.1, -0.05) is 24.3 Å². The van der Waals surface area contributed by atoms with Crippen LogP contribution in [0.15, 0.2) is 48.5 Å². The van der Waals surface area contributed by atoms with E-state index in [-0.39, 0.29) is 11.9 Å². The van der Waals surface area contributed by atoms with Gasteiger partial charge < -0.3 is 15.1 Å². The van der Waals surface area contributed by atoms with Crippen LogP contribution in [-0.2, 0) is 0 Å². The largest absolute Gasteiger partial charge is 0.335 e. The number of carbonyl (C=O) groups excluding carboxylic acids is 2. The highest BCUT2D eigenvalue weighted by Gasteiger charge is 2.25. The van der Waals surface area contributed by atoms with Crippen molar-refractivity contribution < 1.29 is 9.59 Å². The number of amides is 3. The number of nitrogens with zero attached hydrogens (tertiary/aromatic N) is 2. The monoisotopic (exact) mass is 337 g/mol. The number of benzene rings is 2. The van der Waals surface area contributed by atoms with Crippen LogP contribution in [-0.4, -0.2) is 47.9 Å². The molecule has 0 bridgehead atoms. The molecule has 0 spiro atoms. The van der Waals surface area contributed by atoms with E-state index < -0.39 is 0 Å². The number of rotatable bonds is 2. The van der Waals surface area contributed by atoms with Crippen LogP contribution < -0.4 is 5.32 Å². The molecule has 0 unspecified atom stereocenters. The SMILES string of the molecule is Cc1ccc(C(=O)N2CCN(C(=O)Nc3ccccc3)CC2)cc1C. The molecule has 1 fully saturated rings. The summed E-state index contributed by atoms with van der Waals surface area (Å²) in [6.07, 6.45) is 0. The summed E-state index contributed by atoms with van der Waals surface area (Å²) in [6, 6.07) is 15.1. The van der Waals surface area contributed by atoms with Crippen LogP contribution in [0, 0.1) is 13.8 Å². The molecule has 5 heteroatoms. The Labute approximate surface area is 148 Å². The molecule has 1 aliphatic rings. The van der Waals surface area contributed by atoms with Crippen LogP contribution >= 0.6 is 0 Å². The number of anilines is 1. The molecule has 3 rings (SSSR count). The highest BCUT2D eigenvalue weighted by Crippen LogP contribution is 2.14. The van der Waals surface area contributed by atoms with Crippen molar-refractivity contribution in [3.8, 4) is 0 Å². The lowest BCUT2D eigenvalue weighted by molar-refractivity contribution is 0.0671. The molecule has 1 aliphatic heterocycles. The van der Waals surface area contributed by atoms with Crippen molar-refractivity contribution in [1.82, 2.24) is 9.80 Å². The number of hydrogen-bond donors (Lipinski definition) is 1. The number of carbonyl (C=O) groups is 2. The smallest absolute Gasteiger partial charge is 0.321 e. The fourth-order valence-corrected chi connectivity index (χ4v) is 2.89. The summed E-state index contributed by atoms with van der Waals surface area (Å²) in [7, 11) is 0. The minimum Gasteiger partial charge on any atom is -0.335 e. The van der Waals surface area contributed by atoms with E-state index in [1.165, 1.54) is 5.56 Å². The van der Waals surface area contributed by atoms with Gasteiger partial charge in [0.15, 0.2) is 0 Å². The van der Waals surface area contributed by atoms with Crippen molar-refractivity contribution in [1.29, 1.82) is 0 Å². The number of piperazine rings is 1. The Morgan fingerprint density at radius 1 is 0.840 bits per heavy atom. The second kappa shape index (κ2) is 7.38. The van der Waals surface area contributed by atoms with Crippen molar-refractivity contribution >= 4 is 17.6 Å². The van der Waals surface area contributed by atoms with Gasteiger partial charge in [-0.05, 0) is 49.2 Å². The van der Waals surface area contributed by atoms with Crippen LogP contribution in [0.3, 0.4) is 0 Å². The maximum atomic E-state index is 12.6. The first-order valence-corrected chi connectivity index (χ1v) is 8.52. The average molecular weight is 337 g/mol. The number of urea groups is 1. The molecule has 0 aromatic heterocycles. The lowest BCUT2D eigenvalue weighted by Crippen LogP contribution is -2.51. The zero-order valence-electron chi connectivity index (χ0n) is 14.7. The number of nitrogens with one attached hydrogen (secondary N) is 1. The van der Waals surface area contributed by atoms with Crippen molar-refractivity contribution in [2.24, 2.45) is 0 Å². The molecule has 5 nitrogen and oxygen atoms in total. The third kappa shape index (κ3) is 3.99. The maximum Gasteiger partial charge on any atom is 0.321 e. The molecule has 25 heavy (non-hydrogen) atoms. The summed E-state index contributed by atoms with van der Waals surface area (Å²) in [5, 5.41) is 2.88. The number of para-hydroxylation sites is 1. The van der Waals surface area contributed by atoms with Crippen molar-refractivity contribution in [2.75, 3.05) is 31.5 Å². The van der Waals surface area contributed by atoms with Gasteiger partial charge in [0.1, 0.15) is 0 Å². The molecular formula is C20H23N3O2. The summed E-state index contributed by atoms with van der Waals surface area (Å²) >= 11 is 0. The predicted octanol–water partition coefficient (Wildman–Crippen LogP) is 3.29. The lowest BCUT2D eigenvalue weighted by Gasteiger charge is -2.34. The summed E-state index contributed by atoms with van der Waals surface area (Å²) in [5.41, 5.74) is 3.79. The number of aryl methyl sites for hydroxylation is 2. The average Bonchev–Trinajstić information content (AvgIpc) is 2.64. The summed E-state index contributed by atoms with van der Waals surface area (Å²) in [5.74, 6) is 0.0335. The van der Waals surface area contributed by atoms with E-state index in [1.807, 2.05) is 67.3 Å². The van der Waals surface area contributed by atoms with Crippen LogP contribution in [0.1, 0.15) is 21.5 Å². The predicted molar refractivity (Wildman–Crippen MR) is 98.9 cm³/mol. The van der Waals surface area contributed by atoms with E-state index in [2.05, 4.69) is 5.32 Å². The molecule has 130 valence electrons. The first kappa shape index (κ1) is 17.0. The van der Waals surface area contributed by atoms with Crippen LogP contribution in [0.5, 0.6) is 0 Å². The maximum absolute atomic E-state index is 12.6. The highest BCUT2D eigenvalue weighted by atomic mass is 16.2. The second-order valence-corrected chi connectivity index (χ2v) is 6.37. The fourth-order valence-electron chi connectivity index (χ4n) is 2.89. The van der Waals surface area contributed by atoms with Crippen LogP contribution in [0.2, 0.25) is 0 Å². The highest BCUT2D eigenvalue weighted by molar-refractivity contribution is 5.95. The van der Waals surface area contributed by atoms with Gasteiger partial charge in [-0.3, -0.25) is 4.79 Å². The van der Waals surface area contributed by atoms with Crippen molar-refractivity contribution in [2.45, 2.75) is 13.8 Å². The zero-order valence-corrected chi connectivity index (χ0v) is 14.7. The van der Waals surface area contributed by atoms with Gasteiger partial charge in [0.05, 0.1) is 0 Å². The van der Waals surface area contributed by atoms with E-state index in [9.17, 15) is 9.59 Å². The first-order chi connectivity index (χ1) is 12.0. The molecule has 1 saturated heterocycles. The molecule has 2 aromatic rings. The number of hydrogen-bond acceptors (Lipinski definition) is 2. The Morgan fingerprint density at radius 3 is 2.12 bits per heavy atom. The fraction of sp³-hybridized carbons (Fsp3) is 0.300. The standard InChI is InChI=1S/C20H23N3O2/c1-15-8-9-17(14-16(15)2)19(24)22-10-12-23(13-11-22)20(25)21-18-6-4-3-5-7-18/h3-9,14H,10-13H2,1-2H3,(H,21,25). The topological polar surface area (TPSA) is 52.7 Å². The molecule has 0 atom stereocenters. The van der Waals surface area contributed by atoms with Gasteiger partial charge >= 0.3 is 6.03 Å². The van der Waals surface area contributed by atoms with E-state index >= 15 is 0 Å². The van der Waals surface area contributed by atoms with E-state index in [0.29, 0.717) is 31.7 Å². The van der Waals surface area contributed by atoms with Crippen molar-refractivity contribution in [3.05, 3.63) is 65.2 Å². The molecule has 0 aliphatic carbocycles. The summed E-state index contributed by atoms with van der Waals surface area (Å²) in [4.78, 5) is 28.5. The minimum absolute atomic E-state index is 0.0335. The zero-order chi connectivity index (χ0) is 17.8. The molecule has 1 N–H and O–H groups in total.